The maximum atomic E-state index is 13.4. The Morgan fingerprint density at radius 2 is 1.85 bits per heavy atom. The van der Waals surface area contributed by atoms with E-state index in [9.17, 15) is 4.39 Å². The Morgan fingerprint density at radius 1 is 1.10 bits per heavy atom. The molecule has 0 fully saturated rings. The minimum absolute atomic E-state index is 0.232. The number of ether oxygens (including phenoxy) is 1. The maximum absolute atomic E-state index is 13.4. The molecule has 1 rings (SSSR count). The van der Waals surface area contributed by atoms with Crippen molar-refractivity contribution in [2.24, 2.45) is 0 Å². The Hall–Kier alpha value is -1.53. The molecule has 0 amide bonds. The van der Waals surface area contributed by atoms with Gasteiger partial charge in [0.15, 0.2) is 0 Å². The highest BCUT2D eigenvalue weighted by Gasteiger charge is 2.00. The van der Waals surface area contributed by atoms with Crippen LogP contribution in [0.4, 0.5) is 4.39 Å². The number of halogens is 1. The van der Waals surface area contributed by atoms with Crippen molar-refractivity contribution in [2.45, 2.75) is 45.4 Å². The molecule has 0 spiro atoms. The summed E-state index contributed by atoms with van der Waals surface area (Å²) in [4.78, 5) is 0. The van der Waals surface area contributed by atoms with Crippen molar-refractivity contribution in [1.82, 2.24) is 0 Å². The van der Waals surface area contributed by atoms with Gasteiger partial charge >= 0.3 is 0 Å². The van der Waals surface area contributed by atoms with Crippen LogP contribution in [-0.4, -0.2) is 18.3 Å². The van der Waals surface area contributed by atoms with Crippen molar-refractivity contribution in [3.05, 3.63) is 29.6 Å². The van der Waals surface area contributed by atoms with Gasteiger partial charge in [0.25, 0.3) is 0 Å². The fraction of sp³-hybridized carbons (Fsp3) is 0.529. The van der Waals surface area contributed by atoms with Gasteiger partial charge in [0.2, 0.25) is 0 Å². The second-order valence-electron chi connectivity index (χ2n) is 4.75. The van der Waals surface area contributed by atoms with E-state index >= 15 is 0 Å². The summed E-state index contributed by atoms with van der Waals surface area (Å²) in [6.07, 6.45) is 7.17. The Balaban J connectivity index is 2.34. The van der Waals surface area contributed by atoms with Gasteiger partial charge in [-0.2, -0.15) is 0 Å². The first kappa shape index (κ1) is 16.5. The van der Waals surface area contributed by atoms with Crippen LogP contribution in [0.25, 0.3) is 0 Å². The van der Waals surface area contributed by atoms with Gasteiger partial charge in [-0.1, -0.05) is 50.9 Å². The second kappa shape index (κ2) is 10.3. The van der Waals surface area contributed by atoms with E-state index in [0.717, 1.165) is 12.8 Å². The van der Waals surface area contributed by atoms with Crippen LogP contribution >= 0.6 is 0 Å². The van der Waals surface area contributed by atoms with Crippen LogP contribution < -0.4 is 4.74 Å². The molecule has 0 aliphatic heterocycles. The molecule has 3 heteroatoms. The quantitative estimate of drug-likeness (QED) is 0.577. The smallest absolute Gasteiger partial charge is 0.128 e. The average molecular weight is 278 g/mol. The third-order valence-corrected chi connectivity index (χ3v) is 2.95. The molecule has 0 saturated heterocycles. The molecule has 0 saturated carbocycles. The van der Waals surface area contributed by atoms with E-state index < -0.39 is 0 Å². The summed E-state index contributed by atoms with van der Waals surface area (Å²) < 4.78 is 18.9. The zero-order chi connectivity index (χ0) is 14.6. The second-order valence-corrected chi connectivity index (χ2v) is 4.75. The van der Waals surface area contributed by atoms with Crippen LogP contribution in [0.15, 0.2) is 18.2 Å². The van der Waals surface area contributed by atoms with Crippen LogP contribution in [0.3, 0.4) is 0 Å². The highest BCUT2D eigenvalue weighted by Crippen LogP contribution is 2.16. The van der Waals surface area contributed by atoms with E-state index in [1.165, 1.54) is 37.8 Å². The van der Waals surface area contributed by atoms with Crippen molar-refractivity contribution in [1.29, 1.82) is 0 Å². The van der Waals surface area contributed by atoms with Gasteiger partial charge in [-0.3, -0.25) is 0 Å². The molecule has 0 bridgehead atoms. The predicted molar refractivity (Wildman–Crippen MR) is 79.2 cm³/mol. The molecule has 110 valence electrons. The molecular weight excluding hydrogens is 255 g/mol. The number of hydrogen-bond donors (Lipinski definition) is 1. The molecular formula is C17H23FO2. The molecule has 0 atom stereocenters. The van der Waals surface area contributed by atoms with Crippen LogP contribution in [0.1, 0.15) is 51.0 Å². The van der Waals surface area contributed by atoms with E-state index in [1.54, 1.807) is 6.07 Å². The van der Waals surface area contributed by atoms with Crippen LogP contribution in [0.5, 0.6) is 5.75 Å². The highest BCUT2D eigenvalue weighted by atomic mass is 19.1. The molecule has 0 heterocycles. The molecule has 1 aromatic carbocycles. The molecule has 0 aromatic heterocycles. The van der Waals surface area contributed by atoms with E-state index in [2.05, 4.69) is 18.8 Å². The summed E-state index contributed by atoms with van der Waals surface area (Å²) >= 11 is 0. The van der Waals surface area contributed by atoms with Gasteiger partial charge in [-0.05, 0) is 18.6 Å². The fourth-order valence-electron chi connectivity index (χ4n) is 1.93. The lowest BCUT2D eigenvalue weighted by Gasteiger charge is -2.07. The van der Waals surface area contributed by atoms with Gasteiger partial charge in [-0.25, -0.2) is 4.39 Å². The monoisotopic (exact) mass is 278 g/mol. The average Bonchev–Trinajstić information content (AvgIpc) is 2.43. The zero-order valence-corrected chi connectivity index (χ0v) is 12.1. The lowest BCUT2D eigenvalue weighted by Crippen LogP contribution is -1.98. The minimum atomic E-state index is -0.368. The van der Waals surface area contributed by atoms with Crippen molar-refractivity contribution >= 4 is 0 Å². The van der Waals surface area contributed by atoms with Gasteiger partial charge in [0, 0.05) is 11.6 Å². The normalized spacial score (nSPS) is 9.95. The Kier molecular flexibility index (Phi) is 8.49. The van der Waals surface area contributed by atoms with Crippen LogP contribution in [-0.2, 0) is 0 Å². The topological polar surface area (TPSA) is 29.5 Å². The minimum Gasteiger partial charge on any atom is -0.493 e. The first-order chi connectivity index (χ1) is 9.76. The summed E-state index contributed by atoms with van der Waals surface area (Å²) in [6.45, 7) is 2.57. The first-order valence-electron chi connectivity index (χ1n) is 7.29. The zero-order valence-electron chi connectivity index (χ0n) is 12.1. The molecule has 0 aliphatic carbocycles. The van der Waals surface area contributed by atoms with E-state index in [0.29, 0.717) is 17.9 Å². The molecule has 0 radical (unpaired) electrons. The van der Waals surface area contributed by atoms with Crippen molar-refractivity contribution in [3.8, 4) is 17.6 Å². The Bertz CT molecular complexity index is 446. The standard InChI is InChI=1S/C17H23FO2/c1-2-3-4-5-6-7-11-20-17-13-15(9-8-10-19)12-16(18)14-17/h12-14,19H,2-7,10-11H2,1H3. The number of aliphatic hydroxyl groups is 1. The highest BCUT2D eigenvalue weighted by molar-refractivity contribution is 5.40. The van der Waals surface area contributed by atoms with E-state index in [4.69, 9.17) is 9.84 Å². The van der Waals surface area contributed by atoms with Crippen molar-refractivity contribution < 1.29 is 14.2 Å². The predicted octanol–water partition coefficient (Wildman–Crippen LogP) is 3.91. The molecule has 20 heavy (non-hydrogen) atoms. The van der Waals surface area contributed by atoms with Crippen LogP contribution in [0, 0.1) is 17.7 Å². The molecule has 2 nitrogen and oxygen atoms in total. The third kappa shape index (κ3) is 7.16. The van der Waals surface area contributed by atoms with Gasteiger partial charge < -0.3 is 9.84 Å². The number of hydrogen-bond acceptors (Lipinski definition) is 2. The lowest BCUT2D eigenvalue weighted by atomic mass is 10.1. The van der Waals surface area contributed by atoms with Gasteiger partial charge in [0.05, 0.1) is 6.61 Å². The SMILES string of the molecule is CCCCCCCCOc1cc(F)cc(C#CCO)c1. The summed E-state index contributed by atoms with van der Waals surface area (Å²) in [5.41, 5.74) is 0.525. The lowest BCUT2D eigenvalue weighted by molar-refractivity contribution is 0.303. The number of rotatable bonds is 8. The summed E-state index contributed by atoms with van der Waals surface area (Å²) in [5.74, 6) is 5.31. The molecule has 1 N–H and O–H groups in total. The summed E-state index contributed by atoms with van der Waals surface area (Å²) in [5, 5.41) is 8.63. The maximum Gasteiger partial charge on any atom is 0.128 e. The van der Waals surface area contributed by atoms with Crippen molar-refractivity contribution in [2.75, 3.05) is 13.2 Å². The number of unbranched alkanes of at least 4 members (excludes halogenated alkanes) is 5. The summed E-state index contributed by atoms with van der Waals surface area (Å²) in [6, 6.07) is 4.39. The van der Waals surface area contributed by atoms with E-state index in [1.807, 2.05) is 0 Å². The Labute approximate surface area is 121 Å². The first-order valence-corrected chi connectivity index (χ1v) is 7.29. The van der Waals surface area contributed by atoms with Gasteiger partial charge in [-0.15, -0.1) is 0 Å². The Morgan fingerprint density at radius 3 is 2.60 bits per heavy atom. The van der Waals surface area contributed by atoms with E-state index in [-0.39, 0.29) is 12.4 Å². The number of benzene rings is 1. The summed E-state index contributed by atoms with van der Waals surface area (Å²) in [7, 11) is 0. The van der Waals surface area contributed by atoms with Crippen molar-refractivity contribution in [3.63, 3.8) is 0 Å². The van der Waals surface area contributed by atoms with Crippen LogP contribution in [0.2, 0.25) is 0 Å². The molecule has 0 aliphatic rings. The molecule has 0 unspecified atom stereocenters. The van der Waals surface area contributed by atoms with Gasteiger partial charge in [0.1, 0.15) is 18.2 Å². The largest absolute Gasteiger partial charge is 0.493 e. The molecule has 1 aromatic rings. The fourth-order valence-corrected chi connectivity index (χ4v) is 1.93. The number of aliphatic hydroxyl groups excluding tert-OH is 1. The third-order valence-electron chi connectivity index (χ3n) is 2.95.